The lowest BCUT2D eigenvalue weighted by Crippen LogP contribution is -1.85. The van der Waals surface area contributed by atoms with Crippen molar-refractivity contribution in [2.45, 2.75) is 0 Å². The lowest BCUT2D eigenvalue weighted by Gasteiger charge is -2.07. The smallest absolute Gasteiger partial charge is 0.147 e. The van der Waals surface area contributed by atoms with Gasteiger partial charge < -0.3 is 4.74 Å². The fraction of sp³-hybridized carbons (Fsp3) is 0. The number of benzene rings is 2. The largest absolute Gasteiger partial charge is 0.456 e. The van der Waals surface area contributed by atoms with Crippen LogP contribution in [0.2, 0.25) is 5.02 Å². The van der Waals surface area contributed by atoms with Crippen LogP contribution in [-0.4, -0.2) is 0 Å². The zero-order valence-electron chi connectivity index (χ0n) is 7.78. The molecule has 0 N–H and O–H groups in total. The van der Waals surface area contributed by atoms with Gasteiger partial charge in [-0.3, -0.25) is 0 Å². The Balaban J connectivity index is 2.28. The van der Waals surface area contributed by atoms with Crippen LogP contribution in [0.1, 0.15) is 0 Å². The van der Waals surface area contributed by atoms with Crippen LogP contribution in [0, 0.1) is 3.57 Å². The normalized spacial score (nSPS) is 10.0. The van der Waals surface area contributed by atoms with Crippen molar-refractivity contribution in [3.63, 3.8) is 0 Å². The predicted molar refractivity (Wildman–Crippen MR) is 70.7 cm³/mol. The molecule has 0 unspecified atom stereocenters. The van der Waals surface area contributed by atoms with Gasteiger partial charge in [0.25, 0.3) is 0 Å². The highest BCUT2D eigenvalue weighted by Gasteiger charge is 2.02. The molecule has 0 aliphatic heterocycles. The van der Waals surface area contributed by atoms with Crippen LogP contribution in [0.15, 0.2) is 48.5 Å². The fourth-order valence-corrected chi connectivity index (χ4v) is 1.79. The second-order valence-corrected chi connectivity index (χ2v) is 4.64. The monoisotopic (exact) mass is 330 g/mol. The third-order valence-electron chi connectivity index (χ3n) is 1.86. The first-order valence-corrected chi connectivity index (χ1v) is 5.89. The quantitative estimate of drug-likeness (QED) is 0.723. The molecule has 0 spiro atoms. The SMILES string of the molecule is Clc1ccc(I)cc1Oc1ccccc1. The Labute approximate surface area is 107 Å². The van der Waals surface area contributed by atoms with E-state index >= 15 is 0 Å². The molecule has 2 rings (SSSR count). The van der Waals surface area contributed by atoms with Gasteiger partial charge in [-0.25, -0.2) is 0 Å². The summed E-state index contributed by atoms with van der Waals surface area (Å²) < 4.78 is 6.75. The molecule has 3 heteroatoms. The maximum atomic E-state index is 6.02. The van der Waals surface area contributed by atoms with Gasteiger partial charge in [0.2, 0.25) is 0 Å². The minimum atomic E-state index is 0.624. The Morgan fingerprint density at radius 2 is 1.73 bits per heavy atom. The molecule has 0 saturated heterocycles. The Morgan fingerprint density at radius 1 is 1.00 bits per heavy atom. The van der Waals surface area contributed by atoms with E-state index in [-0.39, 0.29) is 0 Å². The highest BCUT2D eigenvalue weighted by atomic mass is 127. The van der Waals surface area contributed by atoms with E-state index in [2.05, 4.69) is 22.6 Å². The van der Waals surface area contributed by atoms with Gasteiger partial charge in [0.1, 0.15) is 11.5 Å². The molecule has 0 aliphatic rings. The molecule has 0 amide bonds. The molecule has 1 nitrogen and oxygen atoms in total. The molecular weight excluding hydrogens is 322 g/mol. The van der Waals surface area contributed by atoms with Crippen molar-refractivity contribution in [3.05, 3.63) is 57.1 Å². The lowest BCUT2D eigenvalue weighted by molar-refractivity contribution is 0.482. The summed E-state index contributed by atoms with van der Waals surface area (Å²) >= 11 is 8.24. The summed E-state index contributed by atoms with van der Waals surface area (Å²) in [5.41, 5.74) is 0. The zero-order valence-corrected chi connectivity index (χ0v) is 10.7. The number of hydrogen-bond donors (Lipinski definition) is 0. The Hall–Kier alpha value is -0.740. The summed E-state index contributed by atoms with van der Waals surface area (Å²) in [5, 5.41) is 0.624. The Bertz CT molecular complexity index is 456. The highest BCUT2D eigenvalue weighted by Crippen LogP contribution is 2.30. The van der Waals surface area contributed by atoms with Gasteiger partial charge in [-0.1, -0.05) is 29.8 Å². The van der Waals surface area contributed by atoms with E-state index in [0.29, 0.717) is 10.8 Å². The molecule has 0 radical (unpaired) electrons. The van der Waals surface area contributed by atoms with Gasteiger partial charge in [-0.2, -0.15) is 0 Å². The predicted octanol–water partition coefficient (Wildman–Crippen LogP) is 4.74. The summed E-state index contributed by atoms with van der Waals surface area (Å²) in [6.45, 7) is 0. The third-order valence-corrected chi connectivity index (χ3v) is 2.85. The summed E-state index contributed by atoms with van der Waals surface area (Å²) in [4.78, 5) is 0. The Kier molecular flexibility index (Phi) is 3.49. The average Bonchev–Trinajstić information content (AvgIpc) is 2.25. The third kappa shape index (κ3) is 2.86. The van der Waals surface area contributed by atoms with Crippen molar-refractivity contribution >= 4 is 34.2 Å². The summed E-state index contributed by atoms with van der Waals surface area (Å²) in [5.74, 6) is 1.48. The molecule has 0 aliphatic carbocycles. The van der Waals surface area contributed by atoms with Crippen molar-refractivity contribution in [1.82, 2.24) is 0 Å². The summed E-state index contributed by atoms with van der Waals surface area (Å²) in [7, 11) is 0. The van der Waals surface area contributed by atoms with E-state index in [4.69, 9.17) is 16.3 Å². The maximum absolute atomic E-state index is 6.02. The number of rotatable bonds is 2. The second-order valence-electron chi connectivity index (χ2n) is 2.99. The van der Waals surface area contributed by atoms with Crippen LogP contribution in [0.4, 0.5) is 0 Å². The molecule has 2 aromatic rings. The van der Waals surface area contributed by atoms with Gasteiger partial charge in [0.05, 0.1) is 5.02 Å². The van der Waals surface area contributed by atoms with Gasteiger partial charge >= 0.3 is 0 Å². The van der Waals surface area contributed by atoms with Crippen LogP contribution in [-0.2, 0) is 0 Å². The first-order valence-electron chi connectivity index (χ1n) is 4.43. The van der Waals surface area contributed by atoms with Gasteiger partial charge in [0, 0.05) is 3.57 Å². The van der Waals surface area contributed by atoms with Crippen molar-refractivity contribution in [3.8, 4) is 11.5 Å². The molecule has 76 valence electrons. The Morgan fingerprint density at radius 3 is 2.47 bits per heavy atom. The molecule has 0 atom stereocenters. The van der Waals surface area contributed by atoms with Crippen molar-refractivity contribution in [2.75, 3.05) is 0 Å². The van der Waals surface area contributed by atoms with Crippen molar-refractivity contribution in [2.24, 2.45) is 0 Å². The minimum absolute atomic E-state index is 0.624. The first-order chi connectivity index (χ1) is 7.25. The summed E-state index contributed by atoms with van der Waals surface area (Å²) in [6.07, 6.45) is 0. The molecular formula is C12H8ClIO. The minimum Gasteiger partial charge on any atom is -0.456 e. The molecule has 0 bridgehead atoms. The standard InChI is InChI=1S/C12H8ClIO/c13-11-7-6-9(14)8-12(11)15-10-4-2-1-3-5-10/h1-8H. The molecule has 15 heavy (non-hydrogen) atoms. The fourth-order valence-electron chi connectivity index (χ4n) is 1.17. The van der Waals surface area contributed by atoms with E-state index in [0.717, 1.165) is 9.32 Å². The van der Waals surface area contributed by atoms with E-state index in [1.54, 1.807) is 0 Å². The lowest BCUT2D eigenvalue weighted by atomic mass is 10.3. The van der Waals surface area contributed by atoms with E-state index in [1.807, 2.05) is 48.5 Å². The average molecular weight is 331 g/mol. The zero-order chi connectivity index (χ0) is 10.7. The number of ether oxygens (including phenoxy) is 1. The van der Waals surface area contributed by atoms with Gasteiger partial charge in [-0.05, 0) is 52.9 Å². The van der Waals surface area contributed by atoms with Gasteiger partial charge in [0.15, 0.2) is 0 Å². The van der Waals surface area contributed by atoms with Crippen LogP contribution >= 0.6 is 34.2 Å². The second kappa shape index (κ2) is 4.86. The number of halogens is 2. The van der Waals surface area contributed by atoms with Crippen LogP contribution in [0.3, 0.4) is 0 Å². The van der Waals surface area contributed by atoms with Crippen molar-refractivity contribution < 1.29 is 4.74 Å². The molecule has 0 heterocycles. The van der Waals surface area contributed by atoms with Gasteiger partial charge in [-0.15, -0.1) is 0 Å². The van der Waals surface area contributed by atoms with Crippen LogP contribution < -0.4 is 4.74 Å². The van der Waals surface area contributed by atoms with E-state index in [1.165, 1.54) is 0 Å². The first kappa shape index (κ1) is 10.8. The molecule has 0 aromatic heterocycles. The highest BCUT2D eigenvalue weighted by molar-refractivity contribution is 14.1. The number of hydrogen-bond acceptors (Lipinski definition) is 1. The topological polar surface area (TPSA) is 9.23 Å². The molecule has 0 saturated carbocycles. The van der Waals surface area contributed by atoms with Crippen LogP contribution in [0.25, 0.3) is 0 Å². The van der Waals surface area contributed by atoms with Crippen molar-refractivity contribution in [1.29, 1.82) is 0 Å². The molecule has 2 aromatic carbocycles. The number of para-hydroxylation sites is 1. The van der Waals surface area contributed by atoms with E-state index < -0.39 is 0 Å². The molecule has 0 fully saturated rings. The van der Waals surface area contributed by atoms with E-state index in [9.17, 15) is 0 Å². The maximum Gasteiger partial charge on any atom is 0.147 e. The summed E-state index contributed by atoms with van der Waals surface area (Å²) in [6, 6.07) is 15.3. The van der Waals surface area contributed by atoms with Crippen LogP contribution in [0.5, 0.6) is 11.5 Å².